The van der Waals surface area contributed by atoms with Gasteiger partial charge < -0.3 is 10.6 Å². The van der Waals surface area contributed by atoms with Gasteiger partial charge in [-0.2, -0.15) is 0 Å². The van der Waals surface area contributed by atoms with E-state index < -0.39 is 0 Å². The number of hydrogen-bond acceptors (Lipinski definition) is 2. The molecule has 3 nitrogen and oxygen atoms in total. The molecule has 0 radical (unpaired) electrons. The molecular weight excluding hydrogens is 307 g/mol. The molecule has 5 heteroatoms. The van der Waals surface area contributed by atoms with E-state index in [2.05, 4.69) is 10.6 Å². The number of hydrogen-bond donors (Lipinski definition) is 2. The first-order valence-electron chi connectivity index (χ1n) is 6.60. The summed E-state index contributed by atoms with van der Waals surface area (Å²) in [5, 5.41) is 7.34. The Kier molecular flexibility index (Phi) is 6.05. The van der Waals surface area contributed by atoms with Crippen LogP contribution in [0.15, 0.2) is 48.5 Å². The summed E-state index contributed by atoms with van der Waals surface area (Å²) >= 11 is 11.6. The minimum absolute atomic E-state index is 0.0427. The van der Waals surface area contributed by atoms with Crippen LogP contribution in [0, 0.1) is 0 Å². The fourth-order valence-corrected chi connectivity index (χ4v) is 2.04. The van der Waals surface area contributed by atoms with Crippen LogP contribution in [0.3, 0.4) is 0 Å². The van der Waals surface area contributed by atoms with Crippen LogP contribution in [0.4, 0.5) is 0 Å². The topological polar surface area (TPSA) is 41.1 Å². The highest BCUT2D eigenvalue weighted by Crippen LogP contribution is 2.09. The minimum Gasteiger partial charge on any atom is -0.351 e. The van der Waals surface area contributed by atoms with Crippen molar-refractivity contribution in [1.29, 1.82) is 0 Å². The second-order valence-electron chi connectivity index (χ2n) is 4.63. The Morgan fingerprint density at radius 2 is 1.29 bits per heavy atom. The van der Waals surface area contributed by atoms with Gasteiger partial charge in [0.15, 0.2) is 0 Å². The third kappa shape index (κ3) is 5.76. The van der Waals surface area contributed by atoms with Gasteiger partial charge in [-0.25, -0.2) is 0 Å². The zero-order valence-corrected chi connectivity index (χ0v) is 12.9. The number of amides is 1. The third-order valence-electron chi connectivity index (χ3n) is 2.93. The van der Waals surface area contributed by atoms with Gasteiger partial charge >= 0.3 is 0 Å². The van der Waals surface area contributed by atoms with E-state index in [4.69, 9.17) is 23.2 Å². The van der Waals surface area contributed by atoms with E-state index in [0.29, 0.717) is 23.1 Å². The lowest BCUT2D eigenvalue weighted by atomic mass is 10.2. The molecule has 0 aliphatic heterocycles. The van der Waals surface area contributed by atoms with E-state index in [1.165, 1.54) is 0 Å². The average molecular weight is 323 g/mol. The first-order chi connectivity index (χ1) is 10.1. The molecule has 0 atom stereocenters. The first kappa shape index (κ1) is 15.8. The zero-order valence-electron chi connectivity index (χ0n) is 11.4. The lowest BCUT2D eigenvalue weighted by Crippen LogP contribution is -2.33. The second-order valence-corrected chi connectivity index (χ2v) is 5.51. The van der Waals surface area contributed by atoms with E-state index in [1.54, 1.807) is 0 Å². The SMILES string of the molecule is O=C(CNCc1ccc(Cl)cc1)NCc1ccc(Cl)cc1. The van der Waals surface area contributed by atoms with Gasteiger partial charge in [0.2, 0.25) is 5.91 Å². The molecule has 2 aromatic rings. The van der Waals surface area contributed by atoms with Gasteiger partial charge in [-0.05, 0) is 35.4 Å². The van der Waals surface area contributed by atoms with Gasteiger partial charge in [-0.15, -0.1) is 0 Å². The van der Waals surface area contributed by atoms with E-state index in [0.717, 1.165) is 11.1 Å². The van der Waals surface area contributed by atoms with Gasteiger partial charge in [0.05, 0.1) is 6.54 Å². The van der Waals surface area contributed by atoms with Gasteiger partial charge in [0.1, 0.15) is 0 Å². The van der Waals surface area contributed by atoms with E-state index >= 15 is 0 Å². The number of nitrogens with one attached hydrogen (secondary N) is 2. The van der Waals surface area contributed by atoms with Crippen LogP contribution in [0.2, 0.25) is 10.0 Å². The molecule has 0 aliphatic rings. The molecule has 0 bridgehead atoms. The maximum absolute atomic E-state index is 11.7. The number of rotatable bonds is 6. The van der Waals surface area contributed by atoms with E-state index in [1.807, 2.05) is 48.5 Å². The number of carbonyl (C=O) groups excluding carboxylic acids is 1. The van der Waals surface area contributed by atoms with E-state index in [-0.39, 0.29) is 12.5 Å². The van der Waals surface area contributed by atoms with Crippen LogP contribution in [0.1, 0.15) is 11.1 Å². The number of benzene rings is 2. The minimum atomic E-state index is -0.0427. The molecule has 0 aromatic heterocycles. The molecule has 0 fully saturated rings. The van der Waals surface area contributed by atoms with Crippen LogP contribution in [-0.4, -0.2) is 12.5 Å². The van der Waals surface area contributed by atoms with Crippen LogP contribution in [0.5, 0.6) is 0 Å². The molecule has 0 unspecified atom stereocenters. The summed E-state index contributed by atoms with van der Waals surface area (Å²) in [7, 11) is 0. The monoisotopic (exact) mass is 322 g/mol. The van der Waals surface area contributed by atoms with Crippen molar-refractivity contribution in [1.82, 2.24) is 10.6 Å². The molecule has 0 saturated carbocycles. The van der Waals surface area contributed by atoms with Crippen molar-refractivity contribution in [2.24, 2.45) is 0 Å². The van der Waals surface area contributed by atoms with Gasteiger partial charge in [-0.3, -0.25) is 4.79 Å². The standard InChI is InChI=1S/C16H16Cl2N2O/c17-14-5-1-12(2-6-14)9-19-11-16(21)20-10-13-3-7-15(18)8-4-13/h1-8,19H,9-11H2,(H,20,21). The van der Waals surface area contributed by atoms with Gasteiger partial charge in [-0.1, -0.05) is 47.5 Å². The molecule has 110 valence electrons. The predicted molar refractivity (Wildman–Crippen MR) is 86.5 cm³/mol. The van der Waals surface area contributed by atoms with Crippen molar-refractivity contribution in [3.8, 4) is 0 Å². The predicted octanol–water partition coefficient (Wildman–Crippen LogP) is 3.40. The lowest BCUT2D eigenvalue weighted by Gasteiger charge is -2.07. The highest BCUT2D eigenvalue weighted by molar-refractivity contribution is 6.30. The van der Waals surface area contributed by atoms with Crippen LogP contribution in [-0.2, 0) is 17.9 Å². The first-order valence-corrected chi connectivity index (χ1v) is 7.35. The quantitative estimate of drug-likeness (QED) is 0.855. The Hall–Kier alpha value is -1.55. The lowest BCUT2D eigenvalue weighted by molar-refractivity contribution is -0.120. The van der Waals surface area contributed by atoms with Crippen molar-refractivity contribution >= 4 is 29.1 Å². The van der Waals surface area contributed by atoms with Crippen LogP contribution >= 0.6 is 23.2 Å². The molecule has 0 saturated heterocycles. The molecule has 21 heavy (non-hydrogen) atoms. The van der Waals surface area contributed by atoms with Crippen LogP contribution in [0.25, 0.3) is 0 Å². The maximum Gasteiger partial charge on any atom is 0.234 e. The maximum atomic E-state index is 11.7. The zero-order chi connectivity index (χ0) is 15.1. The number of carbonyl (C=O) groups is 1. The molecule has 2 aromatic carbocycles. The summed E-state index contributed by atoms with van der Waals surface area (Å²) in [5.74, 6) is -0.0427. The van der Waals surface area contributed by atoms with Crippen molar-refractivity contribution in [3.05, 3.63) is 69.7 Å². The molecule has 2 rings (SSSR count). The normalized spacial score (nSPS) is 10.4. The van der Waals surface area contributed by atoms with Crippen LogP contribution < -0.4 is 10.6 Å². The van der Waals surface area contributed by atoms with Crippen molar-refractivity contribution in [2.75, 3.05) is 6.54 Å². The van der Waals surface area contributed by atoms with Crippen molar-refractivity contribution < 1.29 is 4.79 Å². The summed E-state index contributed by atoms with van der Waals surface area (Å²) in [6.07, 6.45) is 0. The second kappa shape index (κ2) is 8.03. The summed E-state index contributed by atoms with van der Waals surface area (Å²) in [6, 6.07) is 14.9. The molecule has 1 amide bonds. The summed E-state index contributed by atoms with van der Waals surface area (Å²) in [4.78, 5) is 11.7. The Bertz CT molecular complexity index is 582. The molecule has 0 aliphatic carbocycles. The highest BCUT2D eigenvalue weighted by Gasteiger charge is 2.01. The smallest absolute Gasteiger partial charge is 0.234 e. The van der Waals surface area contributed by atoms with Crippen molar-refractivity contribution in [2.45, 2.75) is 13.1 Å². The Labute approximate surface area is 134 Å². The highest BCUT2D eigenvalue weighted by atomic mass is 35.5. The summed E-state index contributed by atoms with van der Waals surface area (Å²) in [5.41, 5.74) is 2.11. The third-order valence-corrected chi connectivity index (χ3v) is 3.43. The van der Waals surface area contributed by atoms with Gasteiger partial charge in [0.25, 0.3) is 0 Å². The Morgan fingerprint density at radius 1 is 0.810 bits per heavy atom. The van der Waals surface area contributed by atoms with Gasteiger partial charge in [0, 0.05) is 23.1 Å². The molecular formula is C16H16Cl2N2O. The largest absolute Gasteiger partial charge is 0.351 e. The number of halogens is 2. The fourth-order valence-electron chi connectivity index (χ4n) is 1.79. The van der Waals surface area contributed by atoms with E-state index in [9.17, 15) is 4.79 Å². The molecule has 2 N–H and O–H groups in total. The molecule has 0 spiro atoms. The summed E-state index contributed by atoms with van der Waals surface area (Å²) in [6.45, 7) is 1.40. The average Bonchev–Trinajstić information content (AvgIpc) is 2.49. The Balaban J connectivity index is 1.67. The molecule has 0 heterocycles. The van der Waals surface area contributed by atoms with Crippen molar-refractivity contribution in [3.63, 3.8) is 0 Å². The summed E-state index contributed by atoms with van der Waals surface area (Å²) < 4.78 is 0. The fraction of sp³-hybridized carbons (Fsp3) is 0.188. The Morgan fingerprint density at radius 3 is 1.81 bits per heavy atom.